The summed E-state index contributed by atoms with van der Waals surface area (Å²) in [6.45, 7) is 8.21. The van der Waals surface area contributed by atoms with Gasteiger partial charge in [0.05, 0.1) is 18.7 Å². The summed E-state index contributed by atoms with van der Waals surface area (Å²) in [5, 5.41) is 1.21. The summed E-state index contributed by atoms with van der Waals surface area (Å²) in [4.78, 5) is 6.10. The molecule has 0 saturated heterocycles. The third-order valence-electron chi connectivity index (χ3n) is 3.12. The lowest BCUT2D eigenvalue weighted by molar-refractivity contribution is 0.109. The van der Waals surface area contributed by atoms with Crippen molar-refractivity contribution in [2.45, 2.75) is 43.4 Å². The second kappa shape index (κ2) is 4.80. The summed E-state index contributed by atoms with van der Waals surface area (Å²) >= 11 is 1.89. The predicted molar refractivity (Wildman–Crippen MR) is 80.7 cm³/mol. The van der Waals surface area contributed by atoms with E-state index in [4.69, 9.17) is 9.72 Å². The summed E-state index contributed by atoms with van der Waals surface area (Å²) in [7, 11) is 0. The van der Waals surface area contributed by atoms with Gasteiger partial charge in [-0.2, -0.15) is 0 Å². The Morgan fingerprint density at radius 1 is 1.21 bits per heavy atom. The zero-order valence-corrected chi connectivity index (χ0v) is 12.5. The Kier molecular flexibility index (Phi) is 3.27. The van der Waals surface area contributed by atoms with Crippen LogP contribution in [-0.2, 0) is 17.8 Å². The first-order valence-corrected chi connectivity index (χ1v) is 7.52. The minimum absolute atomic E-state index is 0.232. The Balaban J connectivity index is 2.03. The molecule has 3 heteroatoms. The molecule has 2 nitrogen and oxygen atoms in total. The van der Waals surface area contributed by atoms with Gasteiger partial charge in [-0.25, -0.2) is 0 Å². The van der Waals surface area contributed by atoms with Crippen LogP contribution in [0.1, 0.15) is 32.0 Å². The van der Waals surface area contributed by atoms with E-state index in [-0.39, 0.29) is 4.75 Å². The smallest absolute Gasteiger partial charge is 0.0734 e. The highest BCUT2D eigenvalue weighted by atomic mass is 32.2. The number of pyridine rings is 1. The summed E-state index contributed by atoms with van der Waals surface area (Å²) < 4.78 is 5.72. The first-order valence-electron chi connectivity index (χ1n) is 6.71. The monoisotopic (exact) mass is 273 g/mol. The molecule has 3 rings (SSSR count). The molecule has 2 aromatic rings. The lowest BCUT2D eigenvalue weighted by Crippen LogP contribution is -2.11. The molecular formula is C16H19NOS. The summed E-state index contributed by atoms with van der Waals surface area (Å²) in [6, 6.07) is 8.80. The minimum atomic E-state index is 0.232. The molecule has 0 fully saturated rings. The van der Waals surface area contributed by atoms with Gasteiger partial charge in [-0.05, 0) is 23.8 Å². The van der Waals surface area contributed by atoms with Crippen molar-refractivity contribution in [3.8, 4) is 0 Å². The number of rotatable bonds is 1. The predicted octanol–water partition coefficient (Wildman–Crippen LogP) is 4.20. The van der Waals surface area contributed by atoms with Crippen molar-refractivity contribution < 1.29 is 4.74 Å². The molecule has 0 spiro atoms. The molecule has 100 valence electrons. The van der Waals surface area contributed by atoms with E-state index in [0.29, 0.717) is 6.61 Å². The number of fused-ring (bicyclic) bond motifs is 2. The van der Waals surface area contributed by atoms with Gasteiger partial charge < -0.3 is 4.74 Å². The van der Waals surface area contributed by atoms with Crippen molar-refractivity contribution >= 4 is 22.7 Å². The Morgan fingerprint density at radius 2 is 2.05 bits per heavy atom. The van der Waals surface area contributed by atoms with Crippen molar-refractivity contribution in [2.75, 3.05) is 6.61 Å². The van der Waals surface area contributed by atoms with E-state index >= 15 is 0 Å². The normalized spacial score (nSPS) is 15.5. The van der Waals surface area contributed by atoms with Crippen LogP contribution in [0.25, 0.3) is 10.9 Å². The fraction of sp³-hybridized carbons (Fsp3) is 0.438. The number of aromatic nitrogens is 1. The average Bonchev–Trinajstić information content (AvgIpc) is 2.34. The Labute approximate surface area is 118 Å². The fourth-order valence-corrected chi connectivity index (χ4v) is 3.35. The number of benzene rings is 1. The molecule has 0 unspecified atom stereocenters. The summed E-state index contributed by atoms with van der Waals surface area (Å²) in [5.41, 5.74) is 3.56. The number of thioether (sulfide) groups is 1. The van der Waals surface area contributed by atoms with E-state index in [9.17, 15) is 0 Å². The Morgan fingerprint density at radius 3 is 2.84 bits per heavy atom. The average molecular weight is 273 g/mol. The maximum Gasteiger partial charge on any atom is 0.0734 e. The van der Waals surface area contributed by atoms with Crippen molar-refractivity contribution in [3.63, 3.8) is 0 Å². The topological polar surface area (TPSA) is 22.1 Å². The highest BCUT2D eigenvalue weighted by Gasteiger charge is 2.15. The van der Waals surface area contributed by atoms with Gasteiger partial charge in [-0.1, -0.05) is 26.8 Å². The van der Waals surface area contributed by atoms with Crippen molar-refractivity contribution in [2.24, 2.45) is 0 Å². The van der Waals surface area contributed by atoms with Crippen molar-refractivity contribution in [1.29, 1.82) is 0 Å². The Hall–Kier alpha value is -1.06. The van der Waals surface area contributed by atoms with Gasteiger partial charge >= 0.3 is 0 Å². The number of ether oxygens (including phenoxy) is 1. The largest absolute Gasteiger partial charge is 0.376 e. The zero-order chi connectivity index (χ0) is 13.5. The van der Waals surface area contributed by atoms with E-state index in [2.05, 4.69) is 45.0 Å². The third-order valence-corrected chi connectivity index (χ3v) is 4.22. The number of nitrogens with zero attached hydrogens (tertiary/aromatic N) is 1. The standard InChI is InChI=1S/C16H19NOS/c1-16(2,3)19-13-5-4-11-8-12-10-18-7-6-14(12)17-15(11)9-13/h4-5,8-9H,6-7,10H2,1-3H3. The fourth-order valence-electron chi connectivity index (χ4n) is 2.34. The molecule has 0 amide bonds. The molecule has 0 atom stereocenters. The maximum atomic E-state index is 5.49. The second-order valence-corrected chi connectivity index (χ2v) is 7.87. The van der Waals surface area contributed by atoms with Crippen LogP contribution >= 0.6 is 11.8 Å². The molecule has 1 aromatic carbocycles. The zero-order valence-electron chi connectivity index (χ0n) is 11.7. The van der Waals surface area contributed by atoms with Crippen molar-refractivity contribution in [3.05, 3.63) is 35.5 Å². The van der Waals surface area contributed by atoms with Crippen LogP contribution in [0.5, 0.6) is 0 Å². The van der Waals surface area contributed by atoms with Gasteiger partial charge in [0.15, 0.2) is 0 Å². The number of hydrogen-bond acceptors (Lipinski definition) is 3. The van der Waals surface area contributed by atoms with Gasteiger partial charge in [0, 0.05) is 27.1 Å². The molecule has 0 N–H and O–H groups in total. The van der Waals surface area contributed by atoms with E-state index < -0.39 is 0 Å². The molecule has 1 aliphatic heterocycles. The quantitative estimate of drug-likeness (QED) is 0.727. The highest BCUT2D eigenvalue weighted by Crippen LogP contribution is 2.33. The lowest BCUT2D eigenvalue weighted by atomic mass is 10.1. The second-order valence-electron chi connectivity index (χ2n) is 5.97. The summed E-state index contributed by atoms with van der Waals surface area (Å²) in [5.74, 6) is 0. The molecule has 0 saturated carbocycles. The molecule has 1 aromatic heterocycles. The van der Waals surface area contributed by atoms with Crippen LogP contribution in [-0.4, -0.2) is 16.3 Å². The van der Waals surface area contributed by atoms with E-state index in [1.807, 2.05) is 11.8 Å². The van der Waals surface area contributed by atoms with Crippen LogP contribution in [0.2, 0.25) is 0 Å². The molecule has 0 bridgehead atoms. The van der Waals surface area contributed by atoms with Crippen LogP contribution in [0, 0.1) is 0 Å². The molecule has 0 radical (unpaired) electrons. The van der Waals surface area contributed by atoms with Crippen molar-refractivity contribution in [1.82, 2.24) is 4.98 Å². The molecular weight excluding hydrogens is 254 g/mol. The molecule has 2 heterocycles. The number of hydrogen-bond donors (Lipinski definition) is 0. The lowest BCUT2D eigenvalue weighted by Gasteiger charge is -2.19. The van der Waals surface area contributed by atoms with E-state index in [0.717, 1.165) is 18.5 Å². The first-order chi connectivity index (χ1) is 9.01. The maximum absolute atomic E-state index is 5.49. The first kappa shape index (κ1) is 12.9. The van der Waals surface area contributed by atoms with Gasteiger partial charge in [0.25, 0.3) is 0 Å². The molecule has 1 aliphatic rings. The SMILES string of the molecule is CC(C)(C)Sc1ccc2cc3c(nc2c1)CCOC3. The van der Waals surface area contributed by atoms with Crippen LogP contribution in [0.4, 0.5) is 0 Å². The van der Waals surface area contributed by atoms with Crippen LogP contribution in [0.15, 0.2) is 29.2 Å². The Bertz CT molecular complexity index is 616. The summed E-state index contributed by atoms with van der Waals surface area (Å²) in [6.07, 6.45) is 0.932. The third kappa shape index (κ3) is 2.93. The van der Waals surface area contributed by atoms with E-state index in [1.165, 1.54) is 21.5 Å². The van der Waals surface area contributed by atoms with Crippen LogP contribution in [0.3, 0.4) is 0 Å². The minimum Gasteiger partial charge on any atom is -0.376 e. The van der Waals surface area contributed by atoms with Gasteiger partial charge in [0.2, 0.25) is 0 Å². The van der Waals surface area contributed by atoms with Gasteiger partial charge in [-0.3, -0.25) is 4.98 Å². The van der Waals surface area contributed by atoms with Gasteiger partial charge in [0.1, 0.15) is 0 Å². The van der Waals surface area contributed by atoms with Gasteiger partial charge in [-0.15, -0.1) is 11.8 Å². The molecule has 0 aliphatic carbocycles. The molecule has 19 heavy (non-hydrogen) atoms. The van der Waals surface area contributed by atoms with E-state index in [1.54, 1.807) is 0 Å². The van der Waals surface area contributed by atoms with Crippen LogP contribution < -0.4 is 0 Å². The highest BCUT2D eigenvalue weighted by molar-refractivity contribution is 8.00.